The van der Waals surface area contributed by atoms with Crippen molar-refractivity contribution < 1.29 is 23.8 Å². The number of hydrogen-bond acceptors (Lipinski definition) is 4. The molecular formula is C26H23FINO4. The highest BCUT2D eigenvalue weighted by atomic mass is 127. The van der Waals surface area contributed by atoms with Gasteiger partial charge in [-0.05, 0) is 95.1 Å². The predicted octanol–water partition coefficient (Wildman–Crippen LogP) is 5.92. The van der Waals surface area contributed by atoms with Crippen molar-refractivity contribution in [3.8, 4) is 5.75 Å². The Bertz CT molecular complexity index is 1130. The number of anilines is 1. The van der Waals surface area contributed by atoms with Crippen LogP contribution < -0.4 is 4.90 Å². The van der Waals surface area contributed by atoms with E-state index < -0.39 is 12.1 Å². The molecule has 4 rings (SSSR count). The first-order valence-electron chi connectivity index (χ1n) is 10.6. The highest BCUT2D eigenvalue weighted by Gasteiger charge is 2.48. The topological polar surface area (TPSA) is 66.8 Å². The number of rotatable bonds is 7. The zero-order valence-corrected chi connectivity index (χ0v) is 20.1. The zero-order chi connectivity index (χ0) is 23.5. The molecule has 0 bridgehead atoms. The Balaban J connectivity index is 1.58. The summed E-state index contributed by atoms with van der Waals surface area (Å²) in [4.78, 5) is 26.7. The van der Waals surface area contributed by atoms with Gasteiger partial charge in [0.2, 0.25) is 5.91 Å². The van der Waals surface area contributed by atoms with Gasteiger partial charge >= 0.3 is 5.97 Å². The Morgan fingerprint density at radius 2 is 1.70 bits per heavy atom. The summed E-state index contributed by atoms with van der Waals surface area (Å²) in [6.45, 7) is 1.34. The summed E-state index contributed by atoms with van der Waals surface area (Å²) in [5.74, 6) is -0.954. The van der Waals surface area contributed by atoms with Gasteiger partial charge in [-0.15, -0.1) is 0 Å². The van der Waals surface area contributed by atoms with Gasteiger partial charge in [0.05, 0.1) is 12.0 Å². The Hall–Kier alpha value is -2.94. The molecule has 1 fully saturated rings. The number of amides is 1. The fraction of sp³-hybridized carbons (Fsp3) is 0.231. The third-order valence-corrected chi connectivity index (χ3v) is 6.56. The minimum atomic E-state index is -0.566. The molecule has 0 spiro atoms. The Morgan fingerprint density at radius 3 is 2.30 bits per heavy atom. The second kappa shape index (κ2) is 9.91. The fourth-order valence-electron chi connectivity index (χ4n) is 4.27. The van der Waals surface area contributed by atoms with Gasteiger partial charge in [0.15, 0.2) is 0 Å². The molecule has 3 aromatic rings. The van der Waals surface area contributed by atoms with E-state index in [0.29, 0.717) is 18.4 Å². The van der Waals surface area contributed by atoms with Gasteiger partial charge in [0, 0.05) is 16.2 Å². The molecule has 5 nitrogen and oxygen atoms in total. The minimum absolute atomic E-state index is 0.00466. The van der Waals surface area contributed by atoms with Crippen molar-refractivity contribution >= 4 is 40.2 Å². The van der Waals surface area contributed by atoms with Crippen molar-refractivity contribution in [3.63, 3.8) is 0 Å². The smallest absolute Gasteiger partial charge is 0.303 e. The summed E-state index contributed by atoms with van der Waals surface area (Å²) < 4.78 is 19.9. The van der Waals surface area contributed by atoms with Crippen LogP contribution in [0.15, 0.2) is 72.8 Å². The van der Waals surface area contributed by atoms with Crippen LogP contribution in [0.2, 0.25) is 0 Å². The largest absolute Gasteiger partial charge is 0.508 e. The first-order chi connectivity index (χ1) is 15.8. The third-order valence-electron chi connectivity index (χ3n) is 5.84. The average molecular weight is 559 g/mol. The molecule has 7 heteroatoms. The maximum atomic E-state index is 13.4. The van der Waals surface area contributed by atoms with E-state index in [1.54, 1.807) is 29.2 Å². The molecule has 1 aliphatic rings. The summed E-state index contributed by atoms with van der Waals surface area (Å²) in [6, 6.07) is 20.3. The number of carbonyl (C=O) groups excluding carboxylic acids is 2. The van der Waals surface area contributed by atoms with Crippen LogP contribution in [-0.4, -0.2) is 17.0 Å². The molecule has 3 aromatic carbocycles. The molecule has 1 aliphatic heterocycles. The molecule has 0 aromatic heterocycles. The second-order valence-electron chi connectivity index (χ2n) is 8.05. The van der Waals surface area contributed by atoms with Crippen LogP contribution in [0, 0.1) is 15.3 Å². The monoisotopic (exact) mass is 559 g/mol. The van der Waals surface area contributed by atoms with Crippen molar-refractivity contribution in [3.05, 3.63) is 93.3 Å². The van der Waals surface area contributed by atoms with E-state index in [2.05, 4.69) is 22.6 Å². The lowest BCUT2D eigenvalue weighted by Crippen LogP contribution is -2.55. The number of phenols is 1. The lowest BCUT2D eigenvalue weighted by molar-refractivity contribution is -0.147. The van der Waals surface area contributed by atoms with Crippen molar-refractivity contribution in [2.45, 2.75) is 31.9 Å². The van der Waals surface area contributed by atoms with Gasteiger partial charge in [-0.3, -0.25) is 9.59 Å². The molecule has 1 heterocycles. The first kappa shape index (κ1) is 23.2. The molecule has 170 valence electrons. The van der Waals surface area contributed by atoms with Crippen molar-refractivity contribution in [2.75, 3.05) is 4.90 Å². The van der Waals surface area contributed by atoms with Crippen LogP contribution in [0.4, 0.5) is 10.1 Å². The number of halogens is 2. The van der Waals surface area contributed by atoms with Crippen LogP contribution in [0.3, 0.4) is 0 Å². The SMILES string of the molecule is CC(=O)O[C@@H](CCC1C(=O)N(c2ccc(I)cc2)C1c1ccc(O)cc1)c1ccc(F)cc1. The van der Waals surface area contributed by atoms with E-state index in [-0.39, 0.29) is 29.4 Å². The molecule has 1 N–H and O–H groups in total. The summed E-state index contributed by atoms with van der Waals surface area (Å²) >= 11 is 2.22. The van der Waals surface area contributed by atoms with E-state index >= 15 is 0 Å². The van der Waals surface area contributed by atoms with Gasteiger partial charge in [-0.25, -0.2) is 4.39 Å². The molecular weight excluding hydrogens is 536 g/mol. The number of β-lactam (4-membered cyclic amide) rings is 1. The second-order valence-corrected chi connectivity index (χ2v) is 9.30. The van der Waals surface area contributed by atoms with Gasteiger partial charge in [0.25, 0.3) is 0 Å². The van der Waals surface area contributed by atoms with E-state index in [4.69, 9.17) is 4.74 Å². The number of phenolic OH excluding ortho intramolecular Hbond substituents is 1. The lowest BCUT2D eigenvalue weighted by Gasteiger charge is -2.48. The maximum absolute atomic E-state index is 13.4. The minimum Gasteiger partial charge on any atom is -0.508 e. The van der Waals surface area contributed by atoms with E-state index in [1.165, 1.54) is 19.1 Å². The summed E-state index contributed by atoms with van der Waals surface area (Å²) in [7, 11) is 0. The number of hydrogen-bond donors (Lipinski definition) is 1. The number of aromatic hydroxyl groups is 1. The van der Waals surface area contributed by atoms with Gasteiger partial charge in [-0.1, -0.05) is 24.3 Å². The molecule has 1 amide bonds. The molecule has 0 radical (unpaired) electrons. The average Bonchev–Trinajstić information content (AvgIpc) is 2.79. The maximum Gasteiger partial charge on any atom is 0.303 e. The van der Waals surface area contributed by atoms with Crippen LogP contribution in [-0.2, 0) is 14.3 Å². The molecule has 2 unspecified atom stereocenters. The molecule has 33 heavy (non-hydrogen) atoms. The van der Waals surface area contributed by atoms with Crippen LogP contribution in [0.25, 0.3) is 0 Å². The van der Waals surface area contributed by atoms with Gasteiger partial charge < -0.3 is 14.7 Å². The molecule has 1 saturated heterocycles. The van der Waals surface area contributed by atoms with Crippen molar-refractivity contribution in [1.82, 2.24) is 0 Å². The highest BCUT2D eigenvalue weighted by Crippen LogP contribution is 2.46. The number of nitrogens with zero attached hydrogens (tertiary/aromatic N) is 1. The standard InChI is InChI=1S/C26H23FINO4/c1-16(30)33-24(17-2-6-19(27)7-3-17)15-14-23-25(18-4-12-22(31)13-5-18)29(26(23)32)21-10-8-20(28)9-11-21/h2-13,23-25,31H,14-15H2,1H3/t23?,24-,25?/m0/s1. The summed E-state index contributed by atoms with van der Waals surface area (Å²) in [5.41, 5.74) is 2.42. The van der Waals surface area contributed by atoms with Gasteiger partial charge in [0.1, 0.15) is 17.7 Å². The molecule has 0 saturated carbocycles. The molecule has 3 atom stereocenters. The zero-order valence-electron chi connectivity index (χ0n) is 17.9. The van der Waals surface area contributed by atoms with E-state index in [0.717, 1.165) is 14.8 Å². The summed E-state index contributed by atoms with van der Waals surface area (Å²) in [6.07, 6.45) is 0.348. The van der Waals surface area contributed by atoms with Crippen LogP contribution in [0.1, 0.15) is 43.0 Å². The van der Waals surface area contributed by atoms with Crippen molar-refractivity contribution in [1.29, 1.82) is 0 Å². The Labute approximate surface area is 205 Å². The number of esters is 1. The quantitative estimate of drug-likeness (QED) is 0.222. The van der Waals surface area contributed by atoms with E-state index in [9.17, 15) is 19.1 Å². The molecule has 0 aliphatic carbocycles. The Kier molecular flexibility index (Phi) is 6.97. The van der Waals surface area contributed by atoms with Crippen LogP contribution >= 0.6 is 22.6 Å². The third kappa shape index (κ3) is 5.19. The highest BCUT2D eigenvalue weighted by molar-refractivity contribution is 14.1. The number of benzene rings is 3. The first-order valence-corrected chi connectivity index (χ1v) is 11.7. The normalized spacial score (nSPS) is 18.5. The Morgan fingerprint density at radius 1 is 1.06 bits per heavy atom. The van der Waals surface area contributed by atoms with E-state index in [1.807, 2.05) is 36.4 Å². The fourth-order valence-corrected chi connectivity index (χ4v) is 4.63. The van der Waals surface area contributed by atoms with Crippen LogP contribution in [0.5, 0.6) is 5.75 Å². The summed E-state index contributed by atoms with van der Waals surface area (Å²) in [5, 5.41) is 9.71. The lowest BCUT2D eigenvalue weighted by atomic mass is 9.78. The number of carbonyl (C=O) groups is 2. The van der Waals surface area contributed by atoms with Gasteiger partial charge in [-0.2, -0.15) is 0 Å². The predicted molar refractivity (Wildman–Crippen MR) is 131 cm³/mol. The van der Waals surface area contributed by atoms with Crippen molar-refractivity contribution in [2.24, 2.45) is 5.92 Å². The number of ether oxygens (including phenoxy) is 1.